The predicted octanol–water partition coefficient (Wildman–Crippen LogP) is 2.66. The smallest absolute Gasteiger partial charge is 0.306 e. The van der Waals surface area contributed by atoms with Crippen LogP contribution in [-0.4, -0.2) is 42.2 Å². The Morgan fingerprint density at radius 3 is 2.81 bits per heavy atom. The summed E-state index contributed by atoms with van der Waals surface area (Å²) in [4.78, 5) is 0. The number of hydrogen-bond acceptors (Lipinski definition) is 2. The van der Waals surface area contributed by atoms with Crippen LogP contribution in [0.3, 0.4) is 0 Å². The van der Waals surface area contributed by atoms with Gasteiger partial charge in [-0.1, -0.05) is 6.92 Å². The highest BCUT2D eigenvalue weighted by Crippen LogP contribution is 2.51. The van der Waals surface area contributed by atoms with Crippen LogP contribution < -0.4 is 5.09 Å². The molecule has 0 aromatic heterocycles. The number of nitrogens with zero attached hydrogens (tertiary/aromatic N) is 1. The molecule has 0 aliphatic carbocycles. The van der Waals surface area contributed by atoms with Gasteiger partial charge in [0.15, 0.2) is 0 Å². The van der Waals surface area contributed by atoms with Crippen LogP contribution in [0, 0.1) is 0 Å². The Morgan fingerprint density at radius 1 is 1.50 bits per heavy atom. The van der Waals surface area contributed by atoms with Gasteiger partial charge in [0.2, 0.25) is 0 Å². The SMILES string of the molecule is CCC1CCOP(=O)(NCCCl)N1CCCl. The van der Waals surface area contributed by atoms with Crippen LogP contribution in [0.25, 0.3) is 0 Å². The largest absolute Gasteiger partial charge is 0.343 e. The maximum absolute atomic E-state index is 12.6. The predicted molar refractivity (Wildman–Crippen MR) is 68.4 cm³/mol. The van der Waals surface area contributed by atoms with Crippen LogP contribution in [0.5, 0.6) is 0 Å². The zero-order chi connectivity index (χ0) is 12.0. The van der Waals surface area contributed by atoms with E-state index in [0.29, 0.717) is 31.5 Å². The number of rotatable bonds is 6. The minimum atomic E-state index is -2.91. The standard InChI is InChI=1S/C9H19Cl2N2O2P/c1-2-9-3-8-15-16(14,12-6-4-10)13(9)7-5-11/h9H,2-8H2,1H3,(H,12,14). The van der Waals surface area contributed by atoms with Gasteiger partial charge in [-0.3, -0.25) is 4.57 Å². The number of hydrogen-bond donors (Lipinski definition) is 1. The van der Waals surface area contributed by atoms with Crippen molar-refractivity contribution in [2.75, 3.05) is 31.5 Å². The molecule has 96 valence electrons. The van der Waals surface area contributed by atoms with Gasteiger partial charge >= 0.3 is 7.67 Å². The summed E-state index contributed by atoms with van der Waals surface area (Å²) in [6, 6.07) is 0.279. The van der Waals surface area contributed by atoms with E-state index in [-0.39, 0.29) is 6.04 Å². The van der Waals surface area contributed by atoms with Gasteiger partial charge in [-0.2, -0.15) is 0 Å². The summed E-state index contributed by atoms with van der Waals surface area (Å²) >= 11 is 11.3. The second-order valence-corrected chi connectivity index (χ2v) is 6.54. The second-order valence-electron chi connectivity index (χ2n) is 3.65. The molecule has 2 atom stereocenters. The fourth-order valence-corrected chi connectivity index (χ4v) is 4.65. The van der Waals surface area contributed by atoms with Gasteiger partial charge in [-0.25, -0.2) is 9.76 Å². The summed E-state index contributed by atoms with van der Waals surface area (Å²) in [6.07, 6.45) is 1.85. The van der Waals surface area contributed by atoms with E-state index in [1.54, 1.807) is 0 Å². The molecule has 1 N–H and O–H groups in total. The van der Waals surface area contributed by atoms with Crippen molar-refractivity contribution in [3.8, 4) is 0 Å². The number of nitrogens with one attached hydrogen (secondary N) is 1. The minimum Gasteiger partial charge on any atom is -0.306 e. The molecule has 7 heteroatoms. The molecular weight excluding hydrogens is 270 g/mol. The van der Waals surface area contributed by atoms with Crippen molar-refractivity contribution in [3.05, 3.63) is 0 Å². The van der Waals surface area contributed by atoms with Crippen LogP contribution >= 0.6 is 30.9 Å². The lowest BCUT2D eigenvalue weighted by Crippen LogP contribution is -2.43. The highest BCUT2D eigenvalue weighted by molar-refractivity contribution is 7.54. The van der Waals surface area contributed by atoms with E-state index in [4.69, 9.17) is 27.7 Å². The molecule has 1 heterocycles. The zero-order valence-corrected chi connectivity index (χ0v) is 11.9. The summed E-state index contributed by atoms with van der Waals surface area (Å²) in [5.74, 6) is 0.866. The van der Waals surface area contributed by atoms with E-state index >= 15 is 0 Å². The van der Waals surface area contributed by atoms with Gasteiger partial charge in [0, 0.05) is 30.9 Å². The van der Waals surface area contributed by atoms with Crippen molar-refractivity contribution >= 4 is 30.9 Å². The first kappa shape index (κ1) is 14.7. The average molecular weight is 289 g/mol. The minimum absolute atomic E-state index is 0.279. The maximum atomic E-state index is 12.6. The average Bonchev–Trinajstić information content (AvgIpc) is 2.30. The lowest BCUT2D eigenvalue weighted by molar-refractivity contribution is 0.153. The molecule has 0 spiro atoms. The first-order valence-corrected chi connectivity index (χ1v) is 8.21. The van der Waals surface area contributed by atoms with Crippen LogP contribution in [-0.2, 0) is 9.09 Å². The topological polar surface area (TPSA) is 41.6 Å². The Morgan fingerprint density at radius 2 is 2.25 bits per heavy atom. The molecule has 4 nitrogen and oxygen atoms in total. The van der Waals surface area contributed by atoms with Gasteiger partial charge in [0.25, 0.3) is 0 Å². The third-order valence-corrected chi connectivity index (χ3v) is 5.38. The molecule has 0 amide bonds. The lowest BCUT2D eigenvalue weighted by atomic mass is 10.1. The Bertz CT molecular complexity index is 256. The van der Waals surface area contributed by atoms with Crippen LogP contribution in [0.15, 0.2) is 0 Å². The summed E-state index contributed by atoms with van der Waals surface area (Å²) < 4.78 is 19.8. The Hall–Kier alpha value is 0.690. The lowest BCUT2D eigenvalue weighted by Gasteiger charge is -2.40. The Labute approximate surface area is 107 Å². The van der Waals surface area contributed by atoms with Crippen molar-refractivity contribution in [2.45, 2.75) is 25.8 Å². The molecule has 1 rings (SSSR count). The van der Waals surface area contributed by atoms with Gasteiger partial charge in [-0.15, -0.1) is 23.2 Å². The van der Waals surface area contributed by atoms with Gasteiger partial charge in [0.05, 0.1) is 6.61 Å². The van der Waals surface area contributed by atoms with E-state index in [9.17, 15) is 4.57 Å². The molecule has 0 aromatic carbocycles. The molecule has 0 aromatic rings. The molecule has 16 heavy (non-hydrogen) atoms. The third kappa shape index (κ3) is 3.59. The van der Waals surface area contributed by atoms with Crippen LogP contribution in [0.4, 0.5) is 0 Å². The number of alkyl halides is 2. The molecule has 1 aliphatic heterocycles. The number of halogens is 2. The highest BCUT2D eigenvalue weighted by atomic mass is 35.5. The molecule has 2 unspecified atom stereocenters. The van der Waals surface area contributed by atoms with Crippen molar-refractivity contribution < 1.29 is 9.09 Å². The monoisotopic (exact) mass is 288 g/mol. The molecule has 1 aliphatic rings. The second kappa shape index (κ2) is 7.20. The van der Waals surface area contributed by atoms with Crippen molar-refractivity contribution in [1.82, 2.24) is 9.76 Å². The van der Waals surface area contributed by atoms with E-state index in [0.717, 1.165) is 12.8 Å². The summed E-state index contributed by atoms with van der Waals surface area (Å²) in [6.45, 7) is 3.67. The fraction of sp³-hybridized carbons (Fsp3) is 1.00. The van der Waals surface area contributed by atoms with Gasteiger partial charge in [-0.05, 0) is 12.8 Å². The van der Waals surface area contributed by atoms with Crippen molar-refractivity contribution in [1.29, 1.82) is 0 Å². The van der Waals surface area contributed by atoms with Crippen LogP contribution in [0.1, 0.15) is 19.8 Å². The van der Waals surface area contributed by atoms with E-state index in [1.807, 2.05) is 4.67 Å². The maximum Gasteiger partial charge on any atom is 0.343 e. The molecular formula is C9H19Cl2N2O2P. The Balaban J connectivity index is 2.73. The quantitative estimate of drug-likeness (QED) is 0.603. The third-order valence-electron chi connectivity index (χ3n) is 2.67. The molecule has 0 radical (unpaired) electrons. The van der Waals surface area contributed by atoms with E-state index < -0.39 is 7.67 Å². The first-order valence-electron chi connectivity index (χ1n) is 5.56. The van der Waals surface area contributed by atoms with E-state index in [1.165, 1.54) is 0 Å². The van der Waals surface area contributed by atoms with Gasteiger partial charge < -0.3 is 4.52 Å². The van der Waals surface area contributed by atoms with Gasteiger partial charge in [0.1, 0.15) is 0 Å². The van der Waals surface area contributed by atoms with E-state index in [2.05, 4.69) is 12.0 Å². The molecule has 0 bridgehead atoms. The molecule has 0 saturated carbocycles. The molecule has 1 saturated heterocycles. The summed E-state index contributed by atoms with van der Waals surface area (Å²) in [7, 11) is -2.91. The highest BCUT2D eigenvalue weighted by Gasteiger charge is 2.39. The summed E-state index contributed by atoms with van der Waals surface area (Å²) in [5, 5.41) is 2.92. The molecule has 1 fully saturated rings. The summed E-state index contributed by atoms with van der Waals surface area (Å²) in [5.41, 5.74) is 0. The van der Waals surface area contributed by atoms with Crippen molar-refractivity contribution in [2.24, 2.45) is 0 Å². The van der Waals surface area contributed by atoms with Crippen LogP contribution in [0.2, 0.25) is 0 Å². The normalized spacial score (nSPS) is 31.8. The first-order chi connectivity index (χ1) is 7.68. The fourth-order valence-electron chi connectivity index (χ4n) is 1.89. The Kier molecular flexibility index (Phi) is 6.63. The van der Waals surface area contributed by atoms with Crippen molar-refractivity contribution in [3.63, 3.8) is 0 Å². The zero-order valence-electron chi connectivity index (χ0n) is 9.49.